The predicted octanol–water partition coefficient (Wildman–Crippen LogP) is 2.61. The van der Waals surface area contributed by atoms with E-state index >= 15 is 0 Å². The summed E-state index contributed by atoms with van der Waals surface area (Å²) in [7, 11) is 0. The van der Waals surface area contributed by atoms with E-state index in [9.17, 15) is 4.39 Å². The van der Waals surface area contributed by atoms with Gasteiger partial charge in [0.2, 0.25) is 0 Å². The molecular formula is C13H18FNO2. The number of nitrogens with two attached hydrogens (primary N) is 1. The summed E-state index contributed by atoms with van der Waals surface area (Å²) in [4.78, 5) is 0. The molecule has 1 aliphatic carbocycles. The van der Waals surface area contributed by atoms with Gasteiger partial charge in [-0.05, 0) is 31.7 Å². The molecule has 2 rings (SSSR count). The van der Waals surface area contributed by atoms with Crippen molar-refractivity contribution in [1.29, 1.82) is 0 Å². The summed E-state index contributed by atoms with van der Waals surface area (Å²) in [6, 6.07) is 4.19. The Morgan fingerprint density at radius 2 is 2.24 bits per heavy atom. The Balaban J connectivity index is 1.89. The maximum atomic E-state index is 13.1. The van der Waals surface area contributed by atoms with Gasteiger partial charge < -0.3 is 15.2 Å². The molecular weight excluding hydrogens is 221 g/mol. The molecule has 1 saturated carbocycles. The molecule has 3 nitrogen and oxygen atoms in total. The number of ether oxygens (including phenoxy) is 2. The summed E-state index contributed by atoms with van der Waals surface area (Å²) in [5.41, 5.74) is 6.58. The summed E-state index contributed by atoms with van der Waals surface area (Å²) in [5, 5.41) is 0. The molecule has 0 radical (unpaired) electrons. The lowest BCUT2D eigenvalue weighted by Gasteiger charge is -2.14. The van der Waals surface area contributed by atoms with Gasteiger partial charge in [0.15, 0.2) is 6.79 Å². The fourth-order valence-corrected chi connectivity index (χ4v) is 1.61. The molecule has 0 saturated heterocycles. The standard InChI is InChI=1S/C13H18FNO2/c1-9(15)12-5-4-11(14)6-13(12)17-8-16-7-10-2-3-10/h4-6,9-10H,2-3,7-8,15H2,1H3/t9-/m1/s1. The van der Waals surface area contributed by atoms with Crippen molar-refractivity contribution in [3.63, 3.8) is 0 Å². The van der Waals surface area contributed by atoms with Gasteiger partial charge in [-0.25, -0.2) is 4.39 Å². The van der Waals surface area contributed by atoms with Crippen LogP contribution in [-0.4, -0.2) is 13.4 Å². The molecule has 4 heteroatoms. The lowest BCUT2D eigenvalue weighted by molar-refractivity contribution is 0.00918. The van der Waals surface area contributed by atoms with Crippen molar-refractivity contribution in [3.8, 4) is 5.75 Å². The van der Waals surface area contributed by atoms with Gasteiger partial charge in [0.05, 0.1) is 6.61 Å². The van der Waals surface area contributed by atoms with Crippen LogP contribution in [0.15, 0.2) is 18.2 Å². The first-order chi connectivity index (χ1) is 8.16. The van der Waals surface area contributed by atoms with Crippen LogP contribution in [0.4, 0.5) is 4.39 Å². The molecule has 1 aromatic carbocycles. The fourth-order valence-electron chi connectivity index (χ4n) is 1.61. The largest absolute Gasteiger partial charge is 0.467 e. The predicted molar refractivity (Wildman–Crippen MR) is 63.2 cm³/mol. The minimum absolute atomic E-state index is 0.152. The van der Waals surface area contributed by atoms with Crippen LogP contribution in [0, 0.1) is 11.7 Å². The van der Waals surface area contributed by atoms with Gasteiger partial charge in [-0.15, -0.1) is 0 Å². The molecule has 0 bridgehead atoms. The van der Waals surface area contributed by atoms with Crippen molar-refractivity contribution in [2.75, 3.05) is 13.4 Å². The summed E-state index contributed by atoms with van der Waals surface area (Å²) in [6.07, 6.45) is 2.48. The van der Waals surface area contributed by atoms with E-state index < -0.39 is 0 Å². The van der Waals surface area contributed by atoms with Crippen molar-refractivity contribution in [2.45, 2.75) is 25.8 Å². The van der Waals surface area contributed by atoms with E-state index in [1.807, 2.05) is 6.92 Å². The second-order valence-corrected chi connectivity index (χ2v) is 4.55. The Kier molecular flexibility index (Phi) is 3.97. The van der Waals surface area contributed by atoms with Crippen molar-refractivity contribution in [1.82, 2.24) is 0 Å². The molecule has 1 atom stereocenters. The number of rotatable bonds is 6. The van der Waals surface area contributed by atoms with Crippen molar-refractivity contribution < 1.29 is 13.9 Å². The van der Waals surface area contributed by atoms with Crippen molar-refractivity contribution in [3.05, 3.63) is 29.6 Å². The summed E-state index contributed by atoms with van der Waals surface area (Å²) >= 11 is 0. The third kappa shape index (κ3) is 3.68. The monoisotopic (exact) mass is 239 g/mol. The quantitative estimate of drug-likeness (QED) is 0.613. The SMILES string of the molecule is C[C@@H](N)c1ccc(F)cc1OCOCC1CC1. The molecule has 0 aliphatic heterocycles. The van der Waals surface area contributed by atoms with Gasteiger partial charge in [0, 0.05) is 17.7 Å². The third-order valence-electron chi connectivity index (χ3n) is 2.81. The van der Waals surface area contributed by atoms with Gasteiger partial charge >= 0.3 is 0 Å². The Labute approximate surface area is 101 Å². The molecule has 0 spiro atoms. The average Bonchev–Trinajstić information content (AvgIpc) is 3.08. The summed E-state index contributed by atoms with van der Waals surface area (Å²) in [5.74, 6) is 0.835. The zero-order valence-electron chi connectivity index (χ0n) is 9.99. The second-order valence-electron chi connectivity index (χ2n) is 4.55. The molecule has 2 N–H and O–H groups in total. The van der Waals surface area contributed by atoms with E-state index in [2.05, 4.69) is 0 Å². The zero-order valence-corrected chi connectivity index (χ0v) is 9.99. The topological polar surface area (TPSA) is 44.5 Å². The van der Waals surface area contributed by atoms with E-state index in [0.29, 0.717) is 11.7 Å². The highest BCUT2D eigenvalue weighted by Gasteiger charge is 2.21. The molecule has 17 heavy (non-hydrogen) atoms. The first kappa shape index (κ1) is 12.3. The highest BCUT2D eigenvalue weighted by molar-refractivity contribution is 5.35. The number of benzene rings is 1. The van der Waals surface area contributed by atoms with Crippen LogP contribution in [0.2, 0.25) is 0 Å². The van der Waals surface area contributed by atoms with E-state index in [-0.39, 0.29) is 18.7 Å². The Hall–Kier alpha value is -1.13. The molecule has 0 heterocycles. The van der Waals surface area contributed by atoms with Gasteiger partial charge in [-0.2, -0.15) is 0 Å². The Bertz CT molecular complexity index is 378. The Morgan fingerprint density at radius 3 is 2.88 bits per heavy atom. The highest BCUT2D eigenvalue weighted by atomic mass is 19.1. The van der Waals surface area contributed by atoms with E-state index in [4.69, 9.17) is 15.2 Å². The average molecular weight is 239 g/mol. The van der Waals surface area contributed by atoms with Crippen LogP contribution in [0.1, 0.15) is 31.4 Å². The number of hydrogen-bond donors (Lipinski definition) is 1. The second kappa shape index (κ2) is 5.47. The van der Waals surface area contributed by atoms with Gasteiger partial charge in [-0.3, -0.25) is 0 Å². The van der Waals surface area contributed by atoms with Crippen LogP contribution < -0.4 is 10.5 Å². The van der Waals surface area contributed by atoms with Crippen LogP contribution in [-0.2, 0) is 4.74 Å². The first-order valence-electron chi connectivity index (χ1n) is 5.92. The van der Waals surface area contributed by atoms with Crippen LogP contribution >= 0.6 is 0 Å². The van der Waals surface area contributed by atoms with Crippen LogP contribution in [0.5, 0.6) is 5.75 Å². The highest BCUT2D eigenvalue weighted by Crippen LogP contribution is 2.29. The lowest BCUT2D eigenvalue weighted by atomic mass is 10.1. The number of halogens is 1. The lowest BCUT2D eigenvalue weighted by Crippen LogP contribution is -2.11. The minimum Gasteiger partial charge on any atom is -0.467 e. The van der Waals surface area contributed by atoms with Gasteiger partial charge in [0.1, 0.15) is 11.6 Å². The van der Waals surface area contributed by atoms with E-state index in [1.54, 1.807) is 6.07 Å². The first-order valence-corrected chi connectivity index (χ1v) is 5.92. The van der Waals surface area contributed by atoms with Crippen molar-refractivity contribution >= 4 is 0 Å². The molecule has 1 fully saturated rings. The van der Waals surface area contributed by atoms with E-state index in [1.165, 1.54) is 25.0 Å². The zero-order chi connectivity index (χ0) is 12.3. The molecule has 0 aromatic heterocycles. The van der Waals surface area contributed by atoms with Gasteiger partial charge in [-0.1, -0.05) is 6.07 Å². The summed E-state index contributed by atoms with van der Waals surface area (Å²) < 4.78 is 23.9. The minimum atomic E-state index is -0.327. The molecule has 1 aliphatic rings. The van der Waals surface area contributed by atoms with Gasteiger partial charge in [0.25, 0.3) is 0 Å². The van der Waals surface area contributed by atoms with Crippen LogP contribution in [0.25, 0.3) is 0 Å². The van der Waals surface area contributed by atoms with E-state index in [0.717, 1.165) is 12.2 Å². The Morgan fingerprint density at radius 1 is 1.47 bits per heavy atom. The van der Waals surface area contributed by atoms with Crippen LogP contribution in [0.3, 0.4) is 0 Å². The molecule has 94 valence electrons. The number of hydrogen-bond acceptors (Lipinski definition) is 3. The normalized spacial score (nSPS) is 16.9. The molecule has 0 amide bonds. The fraction of sp³-hybridized carbons (Fsp3) is 0.538. The summed E-state index contributed by atoms with van der Waals surface area (Å²) in [6.45, 7) is 2.72. The maximum absolute atomic E-state index is 13.1. The third-order valence-corrected chi connectivity index (χ3v) is 2.81. The molecule has 1 aromatic rings. The maximum Gasteiger partial charge on any atom is 0.189 e. The molecule has 0 unspecified atom stereocenters. The smallest absolute Gasteiger partial charge is 0.189 e. The van der Waals surface area contributed by atoms with Crippen molar-refractivity contribution in [2.24, 2.45) is 11.7 Å².